The van der Waals surface area contributed by atoms with Crippen molar-refractivity contribution >= 4 is 16.3 Å². The van der Waals surface area contributed by atoms with E-state index < -0.39 is 0 Å². The highest BCUT2D eigenvalue weighted by atomic mass is 14.8. The summed E-state index contributed by atoms with van der Waals surface area (Å²) in [5.41, 5.74) is 8.13. The lowest BCUT2D eigenvalue weighted by Gasteiger charge is -2.25. The van der Waals surface area contributed by atoms with E-state index in [0.717, 1.165) is 12.1 Å². The molecule has 0 atom stereocenters. The van der Waals surface area contributed by atoms with Gasteiger partial charge in [-0.2, -0.15) is 0 Å². The molecule has 116 valence electrons. The maximum Gasteiger partial charge on any atom is 0.0891 e. The van der Waals surface area contributed by atoms with E-state index in [1.807, 2.05) is 6.20 Å². The number of nitrogens with zero attached hydrogens (tertiary/aromatic N) is 2. The summed E-state index contributed by atoms with van der Waals surface area (Å²) >= 11 is 0. The first-order chi connectivity index (χ1) is 11.9. The van der Waals surface area contributed by atoms with Gasteiger partial charge in [0.2, 0.25) is 0 Å². The highest BCUT2D eigenvalue weighted by Crippen LogP contribution is 2.41. The molecule has 0 saturated heterocycles. The minimum absolute atomic E-state index is 0.941. The van der Waals surface area contributed by atoms with E-state index >= 15 is 0 Å². The van der Waals surface area contributed by atoms with E-state index in [1.165, 1.54) is 52.3 Å². The molecule has 0 saturated carbocycles. The van der Waals surface area contributed by atoms with Crippen LogP contribution < -0.4 is 0 Å². The van der Waals surface area contributed by atoms with Crippen molar-refractivity contribution in [1.29, 1.82) is 0 Å². The number of hydrogen-bond acceptors (Lipinski definition) is 2. The minimum Gasteiger partial charge on any atom is -0.261 e. The zero-order valence-electron chi connectivity index (χ0n) is 13.5. The topological polar surface area (TPSA) is 25.8 Å². The maximum atomic E-state index is 4.49. The molecule has 2 aromatic carbocycles. The Kier molecular flexibility index (Phi) is 3.08. The van der Waals surface area contributed by atoms with Crippen molar-refractivity contribution in [2.24, 2.45) is 0 Å². The second kappa shape index (κ2) is 5.41. The lowest BCUT2D eigenvalue weighted by molar-refractivity contribution is 0.831. The fourth-order valence-electron chi connectivity index (χ4n) is 4.13. The van der Waals surface area contributed by atoms with Crippen LogP contribution in [0, 0.1) is 0 Å². The van der Waals surface area contributed by atoms with Gasteiger partial charge >= 0.3 is 0 Å². The molecule has 0 aliphatic heterocycles. The number of benzene rings is 2. The van der Waals surface area contributed by atoms with Gasteiger partial charge in [-0.25, -0.2) is 0 Å². The summed E-state index contributed by atoms with van der Waals surface area (Å²) in [7, 11) is 0. The van der Waals surface area contributed by atoms with Gasteiger partial charge < -0.3 is 0 Å². The van der Waals surface area contributed by atoms with Crippen molar-refractivity contribution in [3.63, 3.8) is 0 Å². The van der Waals surface area contributed by atoms with E-state index in [-0.39, 0.29) is 0 Å². The summed E-state index contributed by atoms with van der Waals surface area (Å²) in [5, 5.41) is 2.64. The molecule has 3 aromatic rings. The molecule has 0 spiro atoms. The van der Waals surface area contributed by atoms with Crippen LogP contribution >= 0.6 is 0 Å². The molecule has 1 heterocycles. The number of rotatable bonds is 1. The second-order valence-electron chi connectivity index (χ2n) is 6.54. The third-order valence-corrected chi connectivity index (χ3v) is 5.26. The molecular weight excluding hydrogens is 292 g/mol. The van der Waals surface area contributed by atoms with Crippen LogP contribution in [0.1, 0.15) is 30.4 Å². The first-order valence-electron chi connectivity index (χ1n) is 8.62. The lowest BCUT2D eigenvalue weighted by atomic mass is 9.79. The summed E-state index contributed by atoms with van der Waals surface area (Å²) in [6.07, 6.45) is 14.7. The molecule has 0 unspecified atom stereocenters. The lowest BCUT2D eigenvalue weighted by Crippen LogP contribution is -2.07. The predicted octanol–water partition coefficient (Wildman–Crippen LogP) is 5.35. The fourth-order valence-corrected chi connectivity index (χ4v) is 4.13. The standard InChI is InChI=1S/C22H18N2/c1-2-5-16-15(4-1)8-9-19-17-6-3-7-21(20(17)11-10-18(16)19)22-14-23-12-13-24-22/h2-3,5-7,10-14H,1,4,8-9H2. The molecule has 0 amide bonds. The number of hydrogen-bond donors (Lipinski definition) is 0. The Morgan fingerprint density at radius 3 is 2.75 bits per heavy atom. The van der Waals surface area contributed by atoms with Gasteiger partial charge in [-0.15, -0.1) is 0 Å². The van der Waals surface area contributed by atoms with Gasteiger partial charge in [0.15, 0.2) is 0 Å². The first-order valence-corrected chi connectivity index (χ1v) is 8.62. The van der Waals surface area contributed by atoms with Gasteiger partial charge in [-0.1, -0.05) is 48.1 Å². The van der Waals surface area contributed by atoms with E-state index in [4.69, 9.17) is 0 Å². The average molecular weight is 310 g/mol. The summed E-state index contributed by atoms with van der Waals surface area (Å²) in [6.45, 7) is 0. The van der Waals surface area contributed by atoms with Crippen LogP contribution in [0.5, 0.6) is 0 Å². The average Bonchev–Trinajstić information content (AvgIpc) is 2.67. The van der Waals surface area contributed by atoms with Crippen LogP contribution in [0.25, 0.3) is 27.6 Å². The number of aryl methyl sites for hydroxylation is 1. The van der Waals surface area contributed by atoms with Crippen LogP contribution in [-0.4, -0.2) is 9.97 Å². The molecule has 24 heavy (non-hydrogen) atoms. The Morgan fingerprint density at radius 2 is 1.83 bits per heavy atom. The molecule has 2 heteroatoms. The Labute approximate surface area is 141 Å². The largest absolute Gasteiger partial charge is 0.261 e. The van der Waals surface area contributed by atoms with Gasteiger partial charge in [0.1, 0.15) is 0 Å². The van der Waals surface area contributed by atoms with Crippen molar-refractivity contribution in [2.75, 3.05) is 0 Å². The normalized spacial score (nSPS) is 16.2. The number of fused-ring (bicyclic) bond motifs is 4. The summed E-state index contributed by atoms with van der Waals surface area (Å²) in [4.78, 5) is 8.72. The summed E-state index contributed by atoms with van der Waals surface area (Å²) in [6, 6.07) is 11.1. The van der Waals surface area contributed by atoms with E-state index in [2.05, 4.69) is 52.5 Å². The van der Waals surface area contributed by atoms with Gasteiger partial charge in [-0.05, 0) is 53.2 Å². The van der Waals surface area contributed by atoms with Crippen LogP contribution in [0.2, 0.25) is 0 Å². The third-order valence-electron chi connectivity index (χ3n) is 5.26. The SMILES string of the molecule is C1=CC2=C(CC1)CCc1c2ccc2c(-c3cnccn3)cccc12. The van der Waals surface area contributed by atoms with Gasteiger partial charge in [0.05, 0.1) is 11.9 Å². The van der Waals surface area contributed by atoms with E-state index in [1.54, 1.807) is 18.0 Å². The zero-order valence-corrected chi connectivity index (χ0v) is 13.5. The molecule has 0 radical (unpaired) electrons. The molecule has 0 N–H and O–H groups in total. The molecular formula is C22H18N2. The first kappa shape index (κ1) is 13.7. The highest BCUT2D eigenvalue weighted by Gasteiger charge is 2.21. The Balaban J connectivity index is 1.77. The molecule has 1 aromatic heterocycles. The molecule has 2 aliphatic rings. The van der Waals surface area contributed by atoms with Crippen LogP contribution in [-0.2, 0) is 6.42 Å². The Morgan fingerprint density at radius 1 is 0.833 bits per heavy atom. The van der Waals surface area contributed by atoms with E-state index in [0.29, 0.717) is 0 Å². The van der Waals surface area contributed by atoms with Crippen molar-refractivity contribution in [2.45, 2.75) is 25.7 Å². The monoisotopic (exact) mass is 310 g/mol. The van der Waals surface area contributed by atoms with Gasteiger partial charge in [0, 0.05) is 18.0 Å². The van der Waals surface area contributed by atoms with Crippen molar-refractivity contribution in [3.8, 4) is 11.3 Å². The predicted molar refractivity (Wildman–Crippen MR) is 98.6 cm³/mol. The fraction of sp³-hybridized carbons (Fsp3) is 0.182. The molecule has 2 nitrogen and oxygen atoms in total. The van der Waals surface area contributed by atoms with Gasteiger partial charge in [-0.3, -0.25) is 9.97 Å². The minimum atomic E-state index is 0.941. The third kappa shape index (κ3) is 2.03. The maximum absolute atomic E-state index is 4.49. The Bertz CT molecular complexity index is 997. The quantitative estimate of drug-likeness (QED) is 0.606. The number of aromatic nitrogens is 2. The van der Waals surface area contributed by atoms with Crippen molar-refractivity contribution < 1.29 is 0 Å². The smallest absolute Gasteiger partial charge is 0.0891 e. The van der Waals surface area contributed by atoms with Crippen LogP contribution in [0.3, 0.4) is 0 Å². The van der Waals surface area contributed by atoms with E-state index in [9.17, 15) is 0 Å². The number of allylic oxidation sites excluding steroid dienone is 4. The second-order valence-corrected chi connectivity index (χ2v) is 6.54. The molecule has 2 aliphatic carbocycles. The summed E-state index contributed by atoms with van der Waals surface area (Å²) < 4.78 is 0. The Hall–Kier alpha value is -2.74. The van der Waals surface area contributed by atoms with Crippen LogP contribution in [0.15, 0.2) is 66.6 Å². The molecule has 0 fully saturated rings. The highest BCUT2D eigenvalue weighted by molar-refractivity contribution is 6.01. The van der Waals surface area contributed by atoms with Crippen molar-refractivity contribution in [3.05, 3.63) is 77.8 Å². The molecule has 5 rings (SSSR count). The van der Waals surface area contributed by atoms with Crippen LogP contribution in [0.4, 0.5) is 0 Å². The zero-order chi connectivity index (χ0) is 15.9. The molecule has 0 bridgehead atoms. The van der Waals surface area contributed by atoms with Gasteiger partial charge in [0.25, 0.3) is 0 Å². The summed E-state index contributed by atoms with van der Waals surface area (Å²) in [5.74, 6) is 0. The van der Waals surface area contributed by atoms with Crippen molar-refractivity contribution in [1.82, 2.24) is 9.97 Å².